The molecule has 0 atom stereocenters. The maximum Gasteiger partial charge on any atom is 0.247 e. The molecule has 0 aromatic heterocycles. The number of carbonyl (C=O) groups is 1. The van der Waals surface area contributed by atoms with E-state index in [0.717, 1.165) is 18.4 Å². The van der Waals surface area contributed by atoms with E-state index in [-0.39, 0.29) is 24.3 Å². The first-order valence-electron chi connectivity index (χ1n) is 8.93. The topological polar surface area (TPSA) is 38.8 Å². The average Bonchev–Trinajstić information content (AvgIpc) is 3.50. The molecule has 0 N–H and O–H groups in total. The molecule has 4 rings (SSSR count). The number of ether oxygens (including phenoxy) is 2. The van der Waals surface area contributed by atoms with Gasteiger partial charge in [-0.1, -0.05) is 29.8 Å². The second kappa shape index (κ2) is 7.61. The molecule has 0 spiro atoms. The Balaban J connectivity index is 1.51. The summed E-state index contributed by atoms with van der Waals surface area (Å²) >= 11 is 6.23. The number of amides is 1. The lowest BCUT2D eigenvalue weighted by Crippen LogP contribution is -2.31. The average molecular weight is 388 g/mol. The van der Waals surface area contributed by atoms with Crippen molar-refractivity contribution in [2.45, 2.75) is 25.4 Å². The first-order valence-corrected chi connectivity index (χ1v) is 9.31. The van der Waals surface area contributed by atoms with E-state index in [9.17, 15) is 9.18 Å². The Bertz CT molecular complexity index is 895. The van der Waals surface area contributed by atoms with E-state index in [4.69, 9.17) is 21.1 Å². The third kappa shape index (κ3) is 4.08. The third-order valence-corrected chi connectivity index (χ3v) is 4.89. The molecule has 4 nitrogen and oxygen atoms in total. The quantitative estimate of drug-likeness (QED) is 0.711. The molecule has 2 aromatic carbocycles. The monoisotopic (exact) mass is 387 g/mol. The molecule has 2 aliphatic rings. The van der Waals surface area contributed by atoms with Crippen molar-refractivity contribution >= 4 is 23.6 Å². The molecule has 1 aliphatic heterocycles. The van der Waals surface area contributed by atoms with Crippen LogP contribution < -0.4 is 9.47 Å². The van der Waals surface area contributed by atoms with Crippen molar-refractivity contribution in [1.82, 2.24) is 4.90 Å². The van der Waals surface area contributed by atoms with Crippen molar-refractivity contribution in [3.63, 3.8) is 0 Å². The fraction of sp³-hybridized carbons (Fsp3) is 0.286. The lowest BCUT2D eigenvalue weighted by molar-refractivity contribution is -0.127. The van der Waals surface area contributed by atoms with Gasteiger partial charge in [-0.3, -0.25) is 4.79 Å². The first-order chi connectivity index (χ1) is 13.1. The Hall–Kier alpha value is -2.53. The van der Waals surface area contributed by atoms with Crippen LogP contribution in [-0.4, -0.2) is 30.1 Å². The molecule has 27 heavy (non-hydrogen) atoms. The highest BCUT2D eigenvalue weighted by atomic mass is 35.5. The van der Waals surface area contributed by atoms with Crippen molar-refractivity contribution in [2.24, 2.45) is 0 Å². The molecule has 1 fully saturated rings. The van der Waals surface area contributed by atoms with E-state index in [1.54, 1.807) is 41.3 Å². The first kappa shape index (κ1) is 17.9. The standard InChI is InChI=1S/C21H19ClFNO3/c22-17-11-14(12-19-21(17)27-10-9-26-19)5-8-20(25)24(16-6-7-16)13-15-3-1-2-4-18(15)23/h1-5,8,11-12,16H,6-7,9-10,13H2/b8-5+. The van der Waals surface area contributed by atoms with Crippen molar-refractivity contribution < 1.29 is 18.7 Å². The van der Waals surface area contributed by atoms with E-state index in [2.05, 4.69) is 0 Å². The number of rotatable bonds is 5. The van der Waals surface area contributed by atoms with Gasteiger partial charge in [0.2, 0.25) is 5.91 Å². The molecular weight excluding hydrogens is 369 g/mol. The van der Waals surface area contributed by atoms with Gasteiger partial charge in [0.25, 0.3) is 0 Å². The van der Waals surface area contributed by atoms with Crippen LogP contribution in [0.15, 0.2) is 42.5 Å². The van der Waals surface area contributed by atoms with Crippen LogP contribution in [0.2, 0.25) is 5.02 Å². The number of carbonyl (C=O) groups excluding carboxylic acids is 1. The Kier molecular flexibility index (Phi) is 5.03. The van der Waals surface area contributed by atoms with Crippen molar-refractivity contribution in [1.29, 1.82) is 0 Å². The van der Waals surface area contributed by atoms with Gasteiger partial charge < -0.3 is 14.4 Å². The summed E-state index contributed by atoms with van der Waals surface area (Å²) in [5.41, 5.74) is 1.27. The third-order valence-electron chi connectivity index (χ3n) is 4.61. The second-order valence-electron chi connectivity index (χ2n) is 6.65. The van der Waals surface area contributed by atoms with Gasteiger partial charge in [-0.25, -0.2) is 4.39 Å². The summed E-state index contributed by atoms with van der Waals surface area (Å²) in [7, 11) is 0. The fourth-order valence-corrected chi connectivity index (χ4v) is 3.35. The predicted octanol–water partition coefficient (Wildman–Crippen LogP) is 4.45. The van der Waals surface area contributed by atoms with Gasteiger partial charge in [-0.05, 0) is 42.7 Å². The summed E-state index contributed by atoms with van der Waals surface area (Å²) in [6.07, 6.45) is 5.10. The van der Waals surface area contributed by atoms with Crippen molar-refractivity contribution in [2.75, 3.05) is 13.2 Å². The molecule has 140 valence electrons. The number of hydrogen-bond acceptors (Lipinski definition) is 3. The maximum atomic E-state index is 14.0. The highest BCUT2D eigenvalue weighted by molar-refractivity contribution is 6.32. The largest absolute Gasteiger partial charge is 0.486 e. The van der Waals surface area contributed by atoms with Crippen LogP contribution in [-0.2, 0) is 11.3 Å². The van der Waals surface area contributed by atoms with Crippen LogP contribution in [0.3, 0.4) is 0 Å². The van der Waals surface area contributed by atoms with Gasteiger partial charge in [-0.15, -0.1) is 0 Å². The van der Waals surface area contributed by atoms with E-state index in [1.807, 2.05) is 0 Å². The van der Waals surface area contributed by atoms with Crippen LogP contribution in [0, 0.1) is 5.82 Å². The molecule has 1 aliphatic carbocycles. The van der Waals surface area contributed by atoms with Crippen LogP contribution in [0.5, 0.6) is 11.5 Å². The van der Waals surface area contributed by atoms with Gasteiger partial charge in [-0.2, -0.15) is 0 Å². The Labute approximate surface area is 162 Å². The van der Waals surface area contributed by atoms with E-state index < -0.39 is 0 Å². The van der Waals surface area contributed by atoms with Crippen molar-refractivity contribution in [3.8, 4) is 11.5 Å². The highest BCUT2D eigenvalue weighted by Gasteiger charge is 2.32. The van der Waals surface area contributed by atoms with Gasteiger partial charge in [0.05, 0.1) is 5.02 Å². The lowest BCUT2D eigenvalue weighted by Gasteiger charge is -2.21. The molecular formula is C21H19ClFNO3. The van der Waals surface area contributed by atoms with Crippen LogP contribution in [0.25, 0.3) is 6.08 Å². The smallest absolute Gasteiger partial charge is 0.247 e. The lowest BCUT2D eigenvalue weighted by atomic mass is 10.1. The minimum Gasteiger partial charge on any atom is -0.486 e. The Morgan fingerprint density at radius 3 is 2.78 bits per heavy atom. The molecule has 0 saturated heterocycles. The summed E-state index contributed by atoms with van der Waals surface area (Å²) < 4.78 is 25.0. The molecule has 0 unspecified atom stereocenters. The highest BCUT2D eigenvalue weighted by Crippen LogP contribution is 2.38. The van der Waals surface area contributed by atoms with Crippen molar-refractivity contribution in [3.05, 3.63) is 64.4 Å². The summed E-state index contributed by atoms with van der Waals surface area (Å²) in [6.45, 7) is 1.20. The number of fused-ring (bicyclic) bond motifs is 1. The molecule has 1 amide bonds. The Morgan fingerprint density at radius 1 is 1.22 bits per heavy atom. The number of nitrogens with zero attached hydrogens (tertiary/aromatic N) is 1. The zero-order valence-electron chi connectivity index (χ0n) is 14.7. The minimum atomic E-state index is -0.293. The van der Waals surface area contributed by atoms with Gasteiger partial charge >= 0.3 is 0 Å². The predicted molar refractivity (Wildman–Crippen MR) is 101 cm³/mol. The SMILES string of the molecule is O=C(/C=C/c1cc(Cl)c2c(c1)OCCO2)N(Cc1ccccc1F)C1CC1. The molecule has 1 saturated carbocycles. The van der Waals surface area contributed by atoms with E-state index in [0.29, 0.717) is 35.3 Å². The fourth-order valence-electron chi connectivity index (χ4n) is 3.07. The summed E-state index contributed by atoms with van der Waals surface area (Å²) in [6, 6.07) is 10.2. The Morgan fingerprint density at radius 2 is 2.00 bits per heavy atom. The summed E-state index contributed by atoms with van der Waals surface area (Å²) in [5.74, 6) is 0.669. The molecule has 2 aromatic rings. The molecule has 6 heteroatoms. The zero-order chi connectivity index (χ0) is 18.8. The zero-order valence-corrected chi connectivity index (χ0v) is 15.4. The van der Waals surface area contributed by atoms with Crippen LogP contribution in [0.4, 0.5) is 4.39 Å². The number of hydrogen-bond donors (Lipinski definition) is 0. The number of halogens is 2. The van der Waals surface area contributed by atoms with Gasteiger partial charge in [0.1, 0.15) is 19.0 Å². The molecule has 1 heterocycles. The molecule has 0 radical (unpaired) electrons. The van der Waals surface area contributed by atoms with E-state index in [1.165, 1.54) is 12.1 Å². The minimum absolute atomic E-state index is 0.147. The van der Waals surface area contributed by atoms with Crippen LogP contribution >= 0.6 is 11.6 Å². The maximum absolute atomic E-state index is 14.0. The molecule has 0 bridgehead atoms. The van der Waals surface area contributed by atoms with Gasteiger partial charge in [0.15, 0.2) is 11.5 Å². The second-order valence-corrected chi connectivity index (χ2v) is 7.06. The number of benzene rings is 2. The van der Waals surface area contributed by atoms with E-state index >= 15 is 0 Å². The van der Waals surface area contributed by atoms with Crippen LogP contribution in [0.1, 0.15) is 24.0 Å². The normalized spacial score (nSPS) is 15.8. The summed E-state index contributed by atoms with van der Waals surface area (Å²) in [5, 5.41) is 0.449. The van der Waals surface area contributed by atoms with Gasteiger partial charge in [0, 0.05) is 24.2 Å². The summed E-state index contributed by atoms with van der Waals surface area (Å²) in [4.78, 5) is 14.4.